The van der Waals surface area contributed by atoms with E-state index < -0.39 is 0 Å². The fourth-order valence-electron chi connectivity index (χ4n) is 3.59. The molecule has 0 spiro atoms. The Labute approximate surface area is 140 Å². The molecule has 124 valence electrons. The average molecular weight is 323 g/mol. The summed E-state index contributed by atoms with van der Waals surface area (Å²) in [6.45, 7) is 1.73. The van der Waals surface area contributed by atoms with Crippen LogP contribution < -0.4 is 5.56 Å². The first-order valence-electron chi connectivity index (χ1n) is 8.51. The van der Waals surface area contributed by atoms with Crippen LogP contribution in [0.5, 0.6) is 0 Å². The number of hydrogen-bond donors (Lipinski definition) is 1. The third kappa shape index (κ3) is 2.97. The predicted octanol–water partition coefficient (Wildman–Crippen LogP) is 2.53. The molecule has 1 saturated heterocycles. The molecule has 24 heavy (non-hydrogen) atoms. The van der Waals surface area contributed by atoms with Gasteiger partial charge >= 0.3 is 0 Å². The van der Waals surface area contributed by atoms with E-state index in [-0.39, 0.29) is 5.56 Å². The molecule has 6 heteroatoms. The van der Waals surface area contributed by atoms with Crippen LogP contribution in [0.4, 0.5) is 0 Å². The summed E-state index contributed by atoms with van der Waals surface area (Å²) in [6, 6.07) is 8.02. The van der Waals surface area contributed by atoms with Gasteiger partial charge in [-0.25, -0.2) is 9.50 Å². The first-order valence-corrected chi connectivity index (χ1v) is 8.51. The van der Waals surface area contributed by atoms with Crippen molar-refractivity contribution < 1.29 is 0 Å². The maximum absolute atomic E-state index is 12.2. The van der Waals surface area contributed by atoms with Crippen LogP contribution in [-0.4, -0.2) is 31.0 Å². The molecule has 0 bridgehead atoms. The Bertz CT molecular complexity index is 870. The Kier molecular flexibility index (Phi) is 4.13. The van der Waals surface area contributed by atoms with Gasteiger partial charge in [-0.3, -0.25) is 19.8 Å². The van der Waals surface area contributed by atoms with Gasteiger partial charge < -0.3 is 0 Å². The number of fused-ring (bicyclic) bond motifs is 1. The maximum atomic E-state index is 12.2. The number of nitrogens with zero attached hydrogens (tertiary/aromatic N) is 4. The quantitative estimate of drug-likeness (QED) is 0.804. The van der Waals surface area contributed by atoms with Gasteiger partial charge in [0.1, 0.15) is 0 Å². The summed E-state index contributed by atoms with van der Waals surface area (Å²) in [6.07, 6.45) is 10.3. The van der Waals surface area contributed by atoms with Gasteiger partial charge in [-0.05, 0) is 37.1 Å². The van der Waals surface area contributed by atoms with E-state index in [1.807, 2.05) is 18.5 Å². The zero-order chi connectivity index (χ0) is 16.4. The van der Waals surface area contributed by atoms with Gasteiger partial charge in [0.15, 0.2) is 5.65 Å². The van der Waals surface area contributed by atoms with Crippen LogP contribution in [0.1, 0.15) is 43.0 Å². The van der Waals surface area contributed by atoms with E-state index in [9.17, 15) is 4.79 Å². The lowest BCUT2D eigenvalue weighted by Gasteiger charge is -2.29. The minimum Gasteiger partial charge on any atom is -0.297 e. The van der Waals surface area contributed by atoms with E-state index in [1.165, 1.54) is 29.3 Å². The molecule has 1 atom stereocenters. The smallest absolute Gasteiger partial charge is 0.272 e. The van der Waals surface area contributed by atoms with E-state index in [2.05, 4.69) is 32.1 Å². The van der Waals surface area contributed by atoms with Crippen LogP contribution >= 0.6 is 0 Å². The largest absolute Gasteiger partial charge is 0.297 e. The Morgan fingerprint density at radius 1 is 1.17 bits per heavy atom. The lowest BCUT2D eigenvalue weighted by molar-refractivity contribution is 0.190. The van der Waals surface area contributed by atoms with Crippen molar-refractivity contribution in [3.63, 3.8) is 0 Å². The molecule has 0 amide bonds. The van der Waals surface area contributed by atoms with Crippen molar-refractivity contribution in [2.24, 2.45) is 0 Å². The van der Waals surface area contributed by atoms with Crippen LogP contribution in [0.3, 0.4) is 0 Å². The number of likely N-dealkylation sites (tertiary alicyclic amines) is 1. The molecule has 3 aromatic heterocycles. The molecule has 6 nitrogen and oxygen atoms in total. The molecule has 0 radical (unpaired) electrons. The predicted molar refractivity (Wildman–Crippen MR) is 91.7 cm³/mol. The van der Waals surface area contributed by atoms with Crippen LogP contribution in [-0.2, 0) is 6.54 Å². The monoisotopic (exact) mass is 323 g/mol. The van der Waals surface area contributed by atoms with Crippen LogP contribution in [0.25, 0.3) is 5.65 Å². The maximum Gasteiger partial charge on any atom is 0.272 e. The molecule has 4 heterocycles. The summed E-state index contributed by atoms with van der Waals surface area (Å²) in [5, 5.41) is 2.88. The highest BCUT2D eigenvalue weighted by molar-refractivity contribution is 5.36. The van der Waals surface area contributed by atoms with Crippen LogP contribution in [0, 0.1) is 0 Å². The molecule has 4 rings (SSSR count). The van der Waals surface area contributed by atoms with Crippen molar-refractivity contribution >= 4 is 5.65 Å². The Balaban J connectivity index is 1.65. The zero-order valence-corrected chi connectivity index (χ0v) is 13.6. The second-order valence-electron chi connectivity index (χ2n) is 6.36. The second kappa shape index (κ2) is 6.57. The van der Waals surface area contributed by atoms with Gasteiger partial charge in [0.05, 0.1) is 5.69 Å². The highest BCUT2D eigenvalue weighted by Gasteiger charge is 2.23. The fourth-order valence-corrected chi connectivity index (χ4v) is 3.59. The first-order chi connectivity index (χ1) is 11.8. The molecule has 0 aliphatic carbocycles. The molecule has 1 unspecified atom stereocenters. The highest BCUT2D eigenvalue weighted by Crippen LogP contribution is 2.30. The van der Waals surface area contributed by atoms with E-state index in [0.717, 1.165) is 18.7 Å². The number of hydrogen-bond acceptors (Lipinski definition) is 4. The number of aromatic amines is 1. The molecular weight excluding hydrogens is 302 g/mol. The van der Waals surface area contributed by atoms with E-state index >= 15 is 0 Å². The van der Waals surface area contributed by atoms with Crippen molar-refractivity contribution in [2.45, 2.75) is 38.3 Å². The summed E-state index contributed by atoms with van der Waals surface area (Å²) in [5.74, 6) is 0. The molecule has 1 aliphatic heterocycles. The Morgan fingerprint density at radius 3 is 2.92 bits per heavy atom. The third-order valence-corrected chi connectivity index (χ3v) is 4.75. The number of nitrogens with one attached hydrogen (secondary N) is 1. The van der Waals surface area contributed by atoms with Crippen molar-refractivity contribution in [1.29, 1.82) is 0 Å². The van der Waals surface area contributed by atoms with Crippen molar-refractivity contribution in [2.75, 3.05) is 6.54 Å². The van der Waals surface area contributed by atoms with Crippen molar-refractivity contribution in [3.05, 3.63) is 64.5 Å². The zero-order valence-electron chi connectivity index (χ0n) is 13.6. The highest BCUT2D eigenvalue weighted by atomic mass is 16.1. The minimum absolute atomic E-state index is 0.0599. The van der Waals surface area contributed by atoms with Gasteiger partial charge in [0.2, 0.25) is 0 Å². The molecule has 1 fully saturated rings. The minimum atomic E-state index is -0.0599. The molecular formula is C18H21N5O. The van der Waals surface area contributed by atoms with Crippen molar-refractivity contribution in [3.8, 4) is 0 Å². The summed E-state index contributed by atoms with van der Waals surface area (Å²) in [7, 11) is 0. The topological polar surface area (TPSA) is 66.3 Å². The van der Waals surface area contributed by atoms with E-state index in [4.69, 9.17) is 0 Å². The number of pyridine rings is 1. The Hall–Kier alpha value is -2.47. The first kappa shape index (κ1) is 15.1. The summed E-state index contributed by atoms with van der Waals surface area (Å²) < 4.78 is 1.46. The van der Waals surface area contributed by atoms with Crippen molar-refractivity contribution in [1.82, 2.24) is 24.5 Å². The summed E-state index contributed by atoms with van der Waals surface area (Å²) in [5.41, 5.74) is 2.75. The fraction of sp³-hybridized carbons (Fsp3) is 0.389. The van der Waals surface area contributed by atoms with Gasteiger partial charge in [0.25, 0.3) is 5.56 Å². The molecule has 1 aliphatic rings. The van der Waals surface area contributed by atoms with Crippen LogP contribution in [0.2, 0.25) is 0 Å². The van der Waals surface area contributed by atoms with Gasteiger partial charge in [-0.2, -0.15) is 0 Å². The molecule has 0 saturated carbocycles. The molecule has 1 N–H and O–H groups in total. The van der Waals surface area contributed by atoms with Gasteiger partial charge in [-0.15, -0.1) is 0 Å². The van der Waals surface area contributed by atoms with Gasteiger partial charge in [-0.1, -0.05) is 12.8 Å². The SMILES string of the molecule is O=c1cc(CN2CCCCCC2c2ccncc2)nc2cc[nH]n12. The summed E-state index contributed by atoms with van der Waals surface area (Å²) in [4.78, 5) is 23.4. The summed E-state index contributed by atoms with van der Waals surface area (Å²) >= 11 is 0. The lowest BCUT2D eigenvalue weighted by Crippen LogP contribution is -2.29. The standard InChI is InChI=1S/C18H21N5O/c24-18-12-15(21-17-7-10-20-23(17)18)13-22-11-3-1-2-4-16(22)14-5-8-19-9-6-14/h5-10,12,16,20H,1-4,11,13H2. The molecule has 0 aromatic carbocycles. The Morgan fingerprint density at radius 2 is 2.04 bits per heavy atom. The van der Waals surface area contributed by atoms with Crippen LogP contribution in [0.15, 0.2) is 47.7 Å². The number of H-pyrrole nitrogens is 1. The van der Waals surface area contributed by atoms with E-state index in [0.29, 0.717) is 18.2 Å². The van der Waals surface area contributed by atoms with E-state index in [1.54, 1.807) is 12.3 Å². The third-order valence-electron chi connectivity index (χ3n) is 4.75. The number of aromatic nitrogens is 4. The average Bonchev–Trinajstić information content (AvgIpc) is 2.96. The lowest BCUT2D eigenvalue weighted by atomic mass is 10.0. The number of rotatable bonds is 3. The van der Waals surface area contributed by atoms with Gasteiger partial charge in [0, 0.05) is 43.3 Å². The normalized spacial score (nSPS) is 19.4. The second-order valence-corrected chi connectivity index (χ2v) is 6.36. The molecule has 3 aromatic rings.